The number of ketones is 1. The number of esters is 2. The zero-order chi connectivity index (χ0) is 17.5. The van der Waals surface area contributed by atoms with Crippen LogP contribution in [-0.2, 0) is 16.5 Å². The van der Waals surface area contributed by atoms with Gasteiger partial charge in [0.15, 0.2) is 0 Å². The fourth-order valence-electron chi connectivity index (χ4n) is 2.26. The molecule has 0 spiro atoms. The van der Waals surface area contributed by atoms with Crippen molar-refractivity contribution in [3.05, 3.63) is 29.2 Å². The van der Waals surface area contributed by atoms with Crippen LogP contribution in [0, 0.1) is 0 Å². The first kappa shape index (κ1) is 17.7. The molecule has 0 aromatic carbocycles. The molecule has 0 bridgehead atoms. The maximum atomic E-state index is 12.5. The predicted octanol–water partition coefficient (Wildman–Crippen LogP) is 2.40. The van der Waals surface area contributed by atoms with Crippen molar-refractivity contribution in [3.8, 4) is 0 Å². The Kier molecular flexibility index (Phi) is 4.66. The highest BCUT2D eigenvalue weighted by atomic mass is 35.6. The van der Waals surface area contributed by atoms with Crippen molar-refractivity contribution in [1.29, 1.82) is 0 Å². The molecular formula is C13H11Cl3N2O5. The van der Waals surface area contributed by atoms with Crippen LogP contribution in [-0.4, -0.2) is 44.7 Å². The van der Waals surface area contributed by atoms with Crippen molar-refractivity contribution in [1.82, 2.24) is 8.97 Å². The molecule has 0 saturated carbocycles. The van der Waals surface area contributed by atoms with E-state index in [0.717, 1.165) is 14.2 Å². The second-order valence-corrected chi connectivity index (χ2v) is 6.79. The summed E-state index contributed by atoms with van der Waals surface area (Å²) in [6, 6.07) is 0. The van der Waals surface area contributed by atoms with Gasteiger partial charge in [-0.2, -0.15) is 0 Å². The van der Waals surface area contributed by atoms with E-state index >= 15 is 0 Å². The lowest BCUT2D eigenvalue weighted by Gasteiger charge is -2.10. The zero-order valence-corrected chi connectivity index (χ0v) is 14.5. The van der Waals surface area contributed by atoms with Gasteiger partial charge in [-0.25, -0.2) is 9.59 Å². The monoisotopic (exact) mass is 380 g/mol. The summed E-state index contributed by atoms with van der Waals surface area (Å²) in [5, 5.41) is 0. The van der Waals surface area contributed by atoms with Crippen LogP contribution in [0.5, 0.6) is 0 Å². The van der Waals surface area contributed by atoms with Crippen LogP contribution in [0.4, 0.5) is 0 Å². The number of aryl methyl sites for hydroxylation is 1. The van der Waals surface area contributed by atoms with Crippen LogP contribution < -0.4 is 0 Å². The third kappa shape index (κ3) is 2.80. The highest BCUT2D eigenvalue weighted by molar-refractivity contribution is 6.77. The lowest BCUT2D eigenvalue weighted by Crippen LogP contribution is -2.23. The van der Waals surface area contributed by atoms with Gasteiger partial charge in [0, 0.05) is 19.4 Å². The first-order valence-electron chi connectivity index (χ1n) is 6.12. The molecule has 0 aliphatic rings. The summed E-state index contributed by atoms with van der Waals surface area (Å²) >= 11 is 17.0. The lowest BCUT2D eigenvalue weighted by molar-refractivity contribution is 0.0549. The van der Waals surface area contributed by atoms with Crippen LogP contribution in [0.3, 0.4) is 0 Å². The molecule has 0 radical (unpaired) electrons. The number of carbonyl (C=O) groups is 3. The van der Waals surface area contributed by atoms with Crippen molar-refractivity contribution in [2.24, 2.45) is 7.05 Å². The summed E-state index contributed by atoms with van der Waals surface area (Å²) in [6.45, 7) is 0. The van der Waals surface area contributed by atoms with E-state index < -0.39 is 21.5 Å². The molecule has 23 heavy (non-hydrogen) atoms. The third-order valence-corrected chi connectivity index (χ3v) is 3.72. The number of hydrogen-bond acceptors (Lipinski definition) is 5. The van der Waals surface area contributed by atoms with E-state index in [-0.39, 0.29) is 22.5 Å². The Hall–Kier alpha value is -1.70. The number of ether oxygens (including phenoxy) is 2. The summed E-state index contributed by atoms with van der Waals surface area (Å²) in [4.78, 5) is 36.8. The van der Waals surface area contributed by atoms with E-state index in [9.17, 15) is 14.4 Å². The molecule has 2 heterocycles. The number of Topliss-reactive ketones (excluding diaryl/α,β-unsaturated/α-hetero) is 1. The Bertz CT molecular complexity index is 816. The third-order valence-electron chi connectivity index (χ3n) is 3.21. The van der Waals surface area contributed by atoms with Crippen LogP contribution in [0.15, 0.2) is 12.4 Å². The maximum absolute atomic E-state index is 12.5. The van der Waals surface area contributed by atoms with Gasteiger partial charge >= 0.3 is 11.9 Å². The van der Waals surface area contributed by atoms with E-state index in [4.69, 9.17) is 34.8 Å². The standard InChI is InChI=1S/C13H11Cl3N2O5/c1-17-4-5-18-8(12(21)23-3)6(11(20)22-2)7(10(17)18)9(19)13(14,15)16/h4-5H,1-3H3. The van der Waals surface area contributed by atoms with Crippen LogP contribution >= 0.6 is 34.8 Å². The van der Waals surface area contributed by atoms with Gasteiger partial charge in [0.2, 0.25) is 5.78 Å². The average molecular weight is 382 g/mol. The number of aromatic nitrogens is 2. The molecule has 0 fully saturated rings. The fraction of sp³-hybridized carbons (Fsp3) is 0.308. The number of nitrogens with zero attached hydrogens (tertiary/aromatic N) is 2. The van der Waals surface area contributed by atoms with E-state index in [1.807, 2.05) is 0 Å². The Balaban J connectivity index is 2.98. The number of fused-ring (bicyclic) bond motifs is 1. The van der Waals surface area contributed by atoms with Gasteiger partial charge in [0.05, 0.1) is 19.8 Å². The molecule has 2 aromatic heterocycles. The minimum Gasteiger partial charge on any atom is -0.465 e. The number of alkyl halides is 3. The molecule has 124 valence electrons. The number of carbonyl (C=O) groups excluding carboxylic acids is 3. The SMILES string of the molecule is COC(=O)c1c(C(=O)C(Cl)(Cl)Cl)c2n(C)ccn2c1C(=O)OC. The first-order chi connectivity index (χ1) is 10.6. The second-order valence-electron chi connectivity index (χ2n) is 4.51. The van der Waals surface area contributed by atoms with Gasteiger partial charge < -0.3 is 14.0 Å². The van der Waals surface area contributed by atoms with Crippen molar-refractivity contribution >= 4 is 58.2 Å². The smallest absolute Gasteiger partial charge is 0.356 e. The summed E-state index contributed by atoms with van der Waals surface area (Å²) in [7, 11) is 3.85. The molecule has 0 amide bonds. The van der Waals surface area contributed by atoms with Crippen LogP contribution in [0.1, 0.15) is 31.2 Å². The minimum absolute atomic E-state index is 0.187. The van der Waals surface area contributed by atoms with Gasteiger partial charge in [0.25, 0.3) is 3.79 Å². The number of imidazole rings is 1. The van der Waals surface area contributed by atoms with E-state index in [0.29, 0.717) is 0 Å². The predicted molar refractivity (Wildman–Crippen MR) is 83.7 cm³/mol. The largest absolute Gasteiger partial charge is 0.465 e. The quantitative estimate of drug-likeness (QED) is 0.463. The summed E-state index contributed by atoms with van der Waals surface area (Å²) < 4.78 is 9.84. The van der Waals surface area contributed by atoms with Gasteiger partial charge in [-0.1, -0.05) is 34.8 Å². The number of halogens is 3. The van der Waals surface area contributed by atoms with Gasteiger partial charge in [-0.15, -0.1) is 0 Å². The van der Waals surface area contributed by atoms with E-state index in [2.05, 4.69) is 9.47 Å². The Labute approximate surface area is 145 Å². The molecule has 0 saturated heterocycles. The molecule has 2 aromatic rings. The fourth-order valence-corrected chi connectivity index (χ4v) is 2.54. The second kappa shape index (κ2) is 6.07. The summed E-state index contributed by atoms with van der Waals surface area (Å²) in [5.74, 6) is -2.72. The molecule has 0 unspecified atom stereocenters. The highest BCUT2D eigenvalue weighted by Gasteiger charge is 2.41. The molecule has 0 aliphatic heterocycles. The van der Waals surface area contributed by atoms with Crippen LogP contribution in [0.25, 0.3) is 5.65 Å². The Morgan fingerprint density at radius 1 is 1.00 bits per heavy atom. The van der Waals surface area contributed by atoms with Crippen molar-refractivity contribution < 1.29 is 23.9 Å². The molecule has 0 atom stereocenters. The molecule has 0 N–H and O–H groups in total. The minimum atomic E-state index is -2.32. The Morgan fingerprint density at radius 2 is 1.57 bits per heavy atom. The van der Waals surface area contributed by atoms with Crippen molar-refractivity contribution in [2.75, 3.05) is 14.2 Å². The number of rotatable bonds is 3. The molecule has 0 aliphatic carbocycles. The molecule has 7 nitrogen and oxygen atoms in total. The lowest BCUT2D eigenvalue weighted by atomic mass is 10.1. The van der Waals surface area contributed by atoms with Crippen LogP contribution in [0.2, 0.25) is 0 Å². The first-order valence-corrected chi connectivity index (χ1v) is 7.26. The van der Waals surface area contributed by atoms with E-state index in [1.165, 1.54) is 15.2 Å². The zero-order valence-electron chi connectivity index (χ0n) is 12.2. The van der Waals surface area contributed by atoms with E-state index in [1.54, 1.807) is 13.2 Å². The normalized spacial score (nSPS) is 11.6. The Morgan fingerprint density at radius 3 is 2.04 bits per heavy atom. The molecular weight excluding hydrogens is 371 g/mol. The average Bonchev–Trinajstić information content (AvgIpc) is 3.02. The molecule has 10 heteroatoms. The maximum Gasteiger partial charge on any atom is 0.356 e. The van der Waals surface area contributed by atoms with Gasteiger partial charge in [-0.05, 0) is 0 Å². The topological polar surface area (TPSA) is 79.0 Å². The summed E-state index contributed by atoms with van der Waals surface area (Å²) in [5.41, 5.74) is -0.540. The van der Waals surface area contributed by atoms with Gasteiger partial charge in [0.1, 0.15) is 16.9 Å². The number of hydrogen-bond donors (Lipinski definition) is 0. The van der Waals surface area contributed by atoms with Crippen molar-refractivity contribution in [3.63, 3.8) is 0 Å². The summed E-state index contributed by atoms with van der Waals surface area (Å²) in [6.07, 6.45) is 3.04. The van der Waals surface area contributed by atoms with Gasteiger partial charge in [-0.3, -0.25) is 9.20 Å². The van der Waals surface area contributed by atoms with Crippen molar-refractivity contribution in [2.45, 2.75) is 3.79 Å². The molecule has 2 rings (SSSR count). The number of methoxy groups -OCH3 is 2. The highest BCUT2D eigenvalue weighted by Crippen LogP contribution is 2.36.